The molecular weight excluding hydrogens is 420 g/mol. The number of imidazole rings is 1. The zero-order valence-electron chi connectivity index (χ0n) is 20.1. The summed E-state index contributed by atoms with van der Waals surface area (Å²) >= 11 is 0. The van der Waals surface area contributed by atoms with Crippen LogP contribution in [-0.2, 0) is 24.4 Å². The molecule has 33 heavy (non-hydrogen) atoms. The van der Waals surface area contributed by atoms with E-state index >= 15 is 0 Å². The van der Waals surface area contributed by atoms with Crippen molar-refractivity contribution in [3.8, 4) is 0 Å². The highest BCUT2D eigenvalue weighted by Crippen LogP contribution is 2.22. The molecule has 0 radical (unpaired) electrons. The van der Waals surface area contributed by atoms with Crippen LogP contribution in [0.3, 0.4) is 0 Å². The molecule has 0 aromatic carbocycles. The number of aromatic amines is 1. The molecular formula is C24H38N6O3. The van der Waals surface area contributed by atoms with Crippen LogP contribution in [0.5, 0.6) is 0 Å². The molecule has 9 heteroatoms. The molecule has 1 amide bonds. The van der Waals surface area contributed by atoms with Crippen LogP contribution in [0.4, 0.5) is 0 Å². The van der Waals surface area contributed by atoms with Crippen molar-refractivity contribution < 1.29 is 4.79 Å². The average Bonchev–Trinajstić information content (AvgIpc) is 3.18. The molecule has 2 aromatic rings. The van der Waals surface area contributed by atoms with Crippen LogP contribution in [0.1, 0.15) is 77.5 Å². The van der Waals surface area contributed by atoms with E-state index in [0.29, 0.717) is 43.4 Å². The van der Waals surface area contributed by atoms with Crippen molar-refractivity contribution in [3.05, 3.63) is 26.7 Å². The number of nitrogens with zero attached hydrogens (tertiary/aromatic N) is 4. The number of hydrogen-bond donors (Lipinski definition) is 2. The van der Waals surface area contributed by atoms with Gasteiger partial charge in [-0.3, -0.25) is 24.0 Å². The van der Waals surface area contributed by atoms with Gasteiger partial charge in [-0.1, -0.05) is 32.6 Å². The number of rotatable bonds is 8. The largest absolute Gasteiger partial charge is 0.353 e. The first-order valence-electron chi connectivity index (χ1n) is 12.8. The second-order valence-corrected chi connectivity index (χ2v) is 9.63. The third kappa shape index (κ3) is 5.23. The Labute approximate surface area is 194 Å². The van der Waals surface area contributed by atoms with Gasteiger partial charge < -0.3 is 9.88 Å². The number of likely N-dealkylation sites (tertiary alicyclic amines) is 1. The Kier molecular flexibility index (Phi) is 7.67. The molecule has 1 unspecified atom stereocenters. The van der Waals surface area contributed by atoms with Crippen LogP contribution >= 0.6 is 0 Å². The molecule has 1 saturated carbocycles. The summed E-state index contributed by atoms with van der Waals surface area (Å²) in [6.07, 6.45) is 9.55. The number of fused-ring (bicyclic) bond motifs is 1. The lowest BCUT2D eigenvalue weighted by molar-refractivity contribution is -0.127. The number of carbonyl (C=O) groups excluding carboxylic acids is 1. The summed E-state index contributed by atoms with van der Waals surface area (Å²) in [5.74, 6) is 0.953. The summed E-state index contributed by atoms with van der Waals surface area (Å²) < 4.78 is 3.51. The second kappa shape index (κ2) is 10.7. The third-order valence-electron chi connectivity index (χ3n) is 7.21. The van der Waals surface area contributed by atoms with Gasteiger partial charge in [0.2, 0.25) is 5.91 Å². The standard InChI is InChI=1S/C24H38N6O3/c1-3-5-14-30-21-20(23(32)27-24(30)33)29(4-2)19(26-21)16-28-13-9-10-17(15-28)22(31)25-18-11-7-6-8-12-18/h17-18H,3-16H2,1-2H3,(H,25,31)(H,27,32,33). The number of aromatic nitrogens is 4. The van der Waals surface area contributed by atoms with Gasteiger partial charge in [0.1, 0.15) is 5.82 Å². The molecule has 0 spiro atoms. The maximum Gasteiger partial charge on any atom is 0.330 e. The maximum absolute atomic E-state index is 12.9. The minimum atomic E-state index is -0.398. The predicted molar refractivity (Wildman–Crippen MR) is 128 cm³/mol. The van der Waals surface area contributed by atoms with Crippen LogP contribution < -0.4 is 16.6 Å². The zero-order valence-corrected chi connectivity index (χ0v) is 20.1. The van der Waals surface area contributed by atoms with Crippen molar-refractivity contribution in [2.24, 2.45) is 5.92 Å². The Morgan fingerprint density at radius 1 is 1.09 bits per heavy atom. The lowest BCUT2D eigenvalue weighted by Crippen LogP contribution is -2.46. The molecule has 1 saturated heterocycles. The van der Waals surface area contributed by atoms with Crippen LogP contribution in [0, 0.1) is 5.92 Å². The average molecular weight is 459 g/mol. The van der Waals surface area contributed by atoms with Crippen molar-refractivity contribution >= 4 is 17.1 Å². The quantitative estimate of drug-likeness (QED) is 0.632. The Morgan fingerprint density at radius 2 is 1.88 bits per heavy atom. The predicted octanol–water partition coefficient (Wildman–Crippen LogP) is 2.37. The molecule has 4 rings (SSSR count). The van der Waals surface area contributed by atoms with Crippen molar-refractivity contribution in [2.75, 3.05) is 13.1 Å². The van der Waals surface area contributed by atoms with E-state index < -0.39 is 5.69 Å². The molecule has 2 fully saturated rings. The van der Waals surface area contributed by atoms with Gasteiger partial charge in [-0.2, -0.15) is 0 Å². The fourth-order valence-electron chi connectivity index (χ4n) is 5.38. The van der Waals surface area contributed by atoms with Gasteiger partial charge >= 0.3 is 5.69 Å². The summed E-state index contributed by atoms with van der Waals surface area (Å²) in [5.41, 5.74) is 0.154. The topological polar surface area (TPSA) is 105 Å². The maximum atomic E-state index is 12.9. The third-order valence-corrected chi connectivity index (χ3v) is 7.21. The van der Waals surface area contributed by atoms with Crippen molar-refractivity contribution in [1.82, 2.24) is 29.3 Å². The van der Waals surface area contributed by atoms with Gasteiger partial charge in [0, 0.05) is 25.7 Å². The number of aryl methyl sites for hydroxylation is 2. The summed E-state index contributed by atoms with van der Waals surface area (Å²) in [6.45, 7) is 7.36. The van der Waals surface area contributed by atoms with E-state index in [0.717, 1.165) is 50.9 Å². The van der Waals surface area contributed by atoms with E-state index in [1.165, 1.54) is 19.3 Å². The van der Waals surface area contributed by atoms with Gasteiger partial charge in [-0.05, 0) is 45.6 Å². The molecule has 182 valence electrons. The van der Waals surface area contributed by atoms with E-state index in [1.807, 2.05) is 11.5 Å². The number of H-pyrrole nitrogens is 1. The van der Waals surface area contributed by atoms with E-state index in [4.69, 9.17) is 4.98 Å². The summed E-state index contributed by atoms with van der Waals surface area (Å²) in [5, 5.41) is 3.29. The molecule has 0 bridgehead atoms. The van der Waals surface area contributed by atoms with E-state index in [-0.39, 0.29) is 17.4 Å². The van der Waals surface area contributed by atoms with E-state index in [2.05, 4.69) is 22.1 Å². The summed E-state index contributed by atoms with van der Waals surface area (Å²) in [7, 11) is 0. The normalized spacial score (nSPS) is 20.4. The van der Waals surface area contributed by atoms with Crippen LogP contribution in [0.2, 0.25) is 0 Å². The fraction of sp³-hybridized carbons (Fsp3) is 0.750. The minimum Gasteiger partial charge on any atom is -0.353 e. The number of unbranched alkanes of at least 4 members (excludes halogenated alkanes) is 1. The SMILES string of the molecule is CCCCn1c(=O)[nH]c(=O)c2c1nc(CN1CCCC(C(=O)NC3CCCCC3)C1)n2CC. The number of hydrogen-bond acceptors (Lipinski definition) is 5. The van der Waals surface area contributed by atoms with Crippen molar-refractivity contribution in [1.29, 1.82) is 0 Å². The Hall–Kier alpha value is -2.42. The molecule has 1 aliphatic heterocycles. The van der Waals surface area contributed by atoms with Crippen LogP contribution in [0.25, 0.3) is 11.2 Å². The molecule has 2 aromatic heterocycles. The fourth-order valence-corrected chi connectivity index (χ4v) is 5.38. The van der Waals surface area contributed by atoms with Crippen LogP contribution in [-0.4, -0.2) is 49.0 Å². The Morgan fingerprint density at radius 3 is 2.61 bits per heavy atom. The highest BCUT2D eigenvalue weighted by Gasteiger charge is 2.29. The number of amides is 1. The molecule has 1 atom stereocenters. The number of piperidine rings is 1. The molecule has 9 nitrogen and oxygen atoms in total. The molecule has 1 aliphatic carbocycles. The Bertz CT molecular complexity index is 1080. The van der Waals surface area contributed by atoms with Crippen molar-refractivity contribution in [3.63, 3.8) is 0 Å². The molecule has 2 N–H and O–H groups in total. The van der Waals surface area contributed by atoms with Gasteiger partial charge in [-0.25, -0.2) is 9.78 Å². The molecule has 3 heterocycles. The first-order valence-corrected chi connectivity index (χ1v) is 12.8. The van der Waals surface area contributed by atoms with Crippen LogP contribution in [0.15, 0.2) is 9.59 Å². The monoisotopic (exact) mass is 458 g/mol. The molecule has 2 aliphatic rings. The minimum absolute atomic E-state index is 0.00808. The smallest absolute Gasteiger partial charge is 0.330 e. The van der Waals surface area contributed by atoms with Gasteiger partial charge in [-0.15, -0.1) is 0 Å². The lowest BCUT2D eigenvalue weighted by atomic mass is 9.93. The first kappa shape index (κ1) is 23.7. The summed E-state index contributed by atoms with van der Waals surface area (Å²) in [4.78, 5) is 47.5. The highest BCUT2D eigenvalue weighted by molar-refractivity contribution is 5.79. The van der Waals surface area contributed by atoms with Gasteiger partial charge in [0.05, 0.1) is 12.5 Å². The summed E-state index contributed by atoms with van der Waals surface area (Å²) in [6, 6.07) is 0.331. The van der Waals surface area contributed by atoms with Crippen molar-refractivity contribution in [2.45, 2.75) is 97.3 Å². The number of nitrogens with one attached hydrogen (secondary N) is 2. The number of carbonyl (C=O) groups is 1. The first-order chi connectivity index (χ1) is 16.0. The second-order valence-electron chi connectivity index (χ2n) is 9.63. The Balaban J connectivity index is 1.53. The van der Waals surface area contributed by atoms with Gasteiger partial charge in [0.15, 0.2) is 11.2 Å². The van der Waals surface area contributed by atoms with E-state index in [9.17, 15) is 14.4 Å². The highest BCUT2D eigenvalue weighted by atomic mass is 16.2. The lowest BCUT2D eigenvalue weighted by Gasteiger charge is -2.33. The van der Waals surface area contributed by atoms with E-state index in [1.54, 1.807) is 4.57 Å². The van der Waals surface area contributed by atoms with Gasteiger partial charge in [0.25, 0.3) is 5.56 Å². The zero-order chi connectivity index (χ0) is 23.4.